The topological polar surface area (TPSA) is 160 Å². The number of alkyl halides is 3. The Balaban J connectivity index is 1.31. The summed E-state index contributed by atoms with van der Waals surface area (Å²) in [7, 11) is 3.38. The number of aryl methyl sites for hydroxylation is 1. The molecule has 7 rings (SSSR count). The van der Waals surface area contributed by atoms with Gasteiger partial charge in [0.05, 0.1) is 44.9 Å². The Bertz CT molecular complexity index is 2480. The van der Waals surface area contributed by atoms with Gasteiger partial charge in [-0.05, 0) is 65.0 Å². The van der Waals surface area contributed by atoms with Gasteiger partial charge in [0.1, 0.15) is 18.5 Å². The van der Waals surface area contributed by atoms with Crippen LogP contribution in [0.1, 0.15) is 64.4 Å². The van der Waals surface area contributed by atoms with Crippen molar-refractivity contribution in [2.24, 2.45) is 0 Å². The highest BCUT2D eigenvalue weighted by molar-refractivity contribution is 6.33. The maximum absolute atomic E-state index is 15.6. The zero-order valence-corrected chi connectivity index (χ0v) is 31.0. The average molecular weight is 802 g/mol. The number of piperidine rings is 1. The largest absolute Gasteiger partial charge is 0.504 e. The van der Waals surface area contributed by atoms with Crippen molar-refractivity contribution in [2.75, 3.05) is 32.5 Å². The van der Waals surface area contributed by atoms with E-state index in [1.54, 1.807) is 25.9 Å². The number of carbonyl (C=O) groups is 2. The Morgan fingerprint density at radius 1 is 1.11 bits per heavy atom. The van der Waals surface area contributed by atoms with Gasteiger partial charge in [-0.3, -0.25) is 14.4 Å². The second-order valence-corrected chi connectivity index (χ2v) is 14.3. The molecule has 20 heteroatoms. The second kappa shape index (κ2) is 14.2. The molecule has 0 bridgehead atoms. The monoisotopic (exact) mass is 801 g/mol. The predicted molar refractivity (Wildman–Crippen MR) is 190 cm³/mol. The molecule has 294 valence electrons. The van der Waals surface area contributed by atoms with Crippen LogP contribution in [0.4, 0.5) is 27.6 Å². The van der Waals surface area contributed by atoms with Gasteiger partial charge in [0.2, 0.25) is 11.7 Å². The number of amides is 2. The molecule has 0 radical (unpaired) electrons. The SMILES string of the molecule is Cc1ncnc(C(=O)N2CCC3(CC2)O[C@@H](C)c2c3c(=O)n3nc(-c4ccc(CN(C)C)c(F)c4F)nc3n2CC(=O)Nc2ccc(C(F)(F)F)cc2Cl)c1O. The summed E-state index contributed by atoms with van der Waals surface area (Å²) < 4.78 is 79.3. The standard InChI is InChI=1S/C36H33ClF5N9O5/c1-17-30(53)28(44-16-43-17)33(55)49-11-9-35(10-12-49)25-29(18(2)56-35)50(15-24(52)45-23-8-6-20(13-22(23)37)36(40,41)42)34-46-31(47-51(34)32(25)54)21-7-5-19(14-48(3)4)26(38)27(21)39/h5-8,13,16,18,53H,9-12,14-15H2,1-4H3,(H,45,52)/t18-/m0/s1. The van der Waals surface area contributed by atoms with E-state index in [0.717, 1.165) is 23.0 Å². The van der Waals surface area contributed by atoms with Crippen molar-refractivity contribution in [1.82, 2.24) is 38.9 Å². The summed E-state index contributed by atoms with van der Waals surface area (Å²) >= 11 is 6.11. The third-order valence-electron chi connectivity index (χ3n) is 9.86. The van der Waals surface area contributed by atoms with Gasteiger partial charge >= 0.3 is 6.18 Å². The smallest absolute Gasteiger partial charge is 0.416 e. The van der Waals surface area contributed by atoms with Gasteiger partial charge in [-0.15, -0.1) is 5.10 Å². The van der Waals surface area contributed by atoms with Crippen molar-refractivity contribution < 1.29 is 41.4 Å². The third-order valence-corrected chi connectivity index (χ3v) is 10.2. The molecular formula is C36H33ClF5N9O5. The fraction of sp³-hybridized carbons (Fsp3) is 0.361. The Hall–Kier alpha value is -5.53. The minimum absolute atomic E-state index is 0.0598. The number of anilines is 1. The molecule has 2 aliphatic heterocycles. The van der Waals surface area contributed by atoms with E-state index in [9.17, 15) is 32.7 Å². The first-order chi connectivity index (χ1) is 26.4. The van der Waals surface area contributed by atoms with Gasteiger partial charge in [-0.25, -0.2) is 18.7 Å². The summed E-state index contributed by atoms with van der Waals surface area (Å²) in [6, 6.07) is 5.07. The molecule has 2 N–H and O–H groups in total. The quantitative estimate of drug-likeness (QED) is 0.209. The Morgan fingerprint density at radius 3 is 2.48 bits per heavy atom. The maximum atomic E-state index is 15.6. The molecule has 1 saturated heterocycles. The highest BCUT2D eigenvalue weighted by Crippen LogP contribution is 2.48. The van der Waals surface area contributed by atoms with Gasteiger partial charge in [0.25, 0.3) is 11.5 Å². The zero-order chi connectivity index (χ0) is 40.4. The number of fused-ring (bicyclic) bond motifs is 3. The van der Waals surface area contributed by atoms with Crippen molar-refractivity contribution in [3.8, 4) is 17.1 Å². The van der Waals surface area contributed by atoms with Crippen molar-refractivity contribution >= 4 is 34.9 Å². The van der Waals surface area contributed by atoms with Crippen LogP contribution in [0, 0.1) is 18.6 Å². The molecule has 3 aromatic heterocycles. The molecule has 2 amide bonds. The summed E-state index contributed by atoms with van der Waals surface area (Å²) in [4.78, 5) is 56.8. The van der Waals surface area contributed by atoms with Crippen molar-refractivity contribution in [3.05, 3.63) is 97.4 Å². The number of likely N-dealkylation sites (tertiary alicyclic amines) is 1. The number of ether oxygens (including phenoxy) is 1. The molecule has 1 fully saturated rings. The zero-order valence-electron chi connectivity index (χ0n) is 30.2. The summed E-state index contributed by atoms with van der Waals surface area (Å²) in [6.45, 7) is 2.78. The Morgan fingerprint density at radius 2 is 1.82 bits per heavy atom. The van der Waals surface area contributed by atoms with Gasteiger partial charge in [0.15, 0.2) is 28.9 Å². The minimum atomic E-state index is -4.68. The minimum Gasteiger partial charge on any atom is -0.504 e. The molecule has 5 aromatic rings. The normalized spacial score (nSPS) is 16.6. The van der Waals surface area contributed by atoms with E-state index < -0.39 is 59.0 Å². The first-order valence-electron chi connectivity index (χ1n) is 17.2. The molecule has 0 unspecified atom stereocenters. The first kappa shape index (κ1) is 38.7. The van der Waals surface area contributed by atoms with E-state index in [0.29, 0.717) is 6.07 Å². The van der Waals surface area contributed by atoms with Crippen LogP contribution in [-0.2, 0) is 34.4 Å². The molecule has 56 heavy (non-hydrogen) atoms. The number of rotatable bonds is 7. The Kier molecular flexibility index (Phi) is 9.82. The van der Waals surface area contributed by atoms with Gasteiger partial charge in [-0.1, -0.05) is 17.7 Å². The van der Waals surface area contributed by atoms with E-state index in [1.165, 1.54) is 28.5 Å². The fourth-order valence-corrected chi connectivity index (χ4v) is 7.44. The van der Waals surface area contributed by atoms with E-state index in [-0.39, 0.29) is 94.3 Å². The lowest BCUT2D eigenvalue weighted by molar-refractivity contribution is -0.137. The molecule has 14 nitrogen and oxygen atoms in total. The van der Waals surface area contributed by atoms with Crippen LogP contribution < -0.4 is 10.9 Å². The van der Waals surface area contributed by atoms with E-state index in [4.69, 9.17) is 16.3 Å². The number of nitrogens with one attached hydrogen (secondary N) is 1. The molecule has 1 atom stereocenters. The van der Waals surface area contributed by atoms with Crippen molar-refractivity contribution in [2.45, 2.75) is 57.7 Å². The van der Waals surface area contributed by atoms with Crippen LogP contribution in [0.15, 0.2) is 41.5 Å². The summed E-state index contributed by atoms with van der Waals surface area (Å²) in [6.07, 6.45) is -4.21. The predicted octanol–water partition coefficient (Wildman–Crippen LogP) is 5.24. The number of carbonyl (C=O) groups excluding carboxylic acids is 2. The number of halogens is 6. The van der Waals surface area contributed by atoms with Gasteiger partial charge < -0.3 is 29.5 Å². The van der Waals surface area contributed by atoms with Gasteiger partial charge in [0, 0.05) is 25.2 Å². The lowest BCUT2D eigenvalue weighted by atomic mass is 9.85. The lowest BCUT2D eigenvalue weighted by Crippen LogP contribution is -2.47. The molecule has 2 aliphatic rings. The fourth-order valence-electron chi connectivity index (χ4n) is 7.21. The molecule has 0 saturated carbocycles. The molecule has 2 aromatic carbocycles. The van der Waals surface area contributed by atoms with Crippen LogP contribution in [0.5, 0.6) is 5.75 Å². The maximum Gasteiger partial charge on any atom is 0.416 e. The third kappa shape index (κ3) is 6.72. The molecule has 5 heterocycles. The van der Waals surface area contributed by atoms with Crippen LogP contribution in [0.2, 0.25) is 5.02 Å². The number of hydrogen-bond acceptors (Lipinski definition) is 10. The van der Waals surface area contributed by atoms with Crippen LogP contribution in [0.25, 0.3) is 17.2 Å². The summed E-state index contributed by atoms with van der Waals surface area (Å²) in [5.74, 6) is -4.69. The lowest BCUT2D eigenvalue weighted by Gasteiger charge is -2.39. The van der Waals surface area contributed by atoms with E-state index in [1.807, 2.05) is 0 Å². The van der Waals surface area contributed by atoms with E-state index in [2.05, 4.69) is 25.4 Å². The highest BCUT2D eigenvalue weighted by Gasteiger charge is 2.51. The van der Waals surface area contributed by atoms with Crippen LogP contribution in [0.3, 0.4) is 0 Å². The highest BCUT2D eigenvalue weighted by atomic mass is 35.5. The van der Waals surface area contributed by atoms with Crippen molar-refractivity contribution in [3.63, 3.8) is 0 Å². The first-order valence-corrected chi connectivity index (χ1v) is 17.6. The number of benzene rings is 2. The summed E-state index contributed by atoms with van der Waals surface area (Å²) in [5, 5.41) is 16.8. The molecular weight excluding hydrogens is 769 g/mol. The number of nitrogens with zero attached hydrogens (tertiary/aromatic N) is 8. The van der Waals surface area contributed by atoms with E-state index >= 15 is 8.78 Å². The molecule has 0 aliphatic carbocycles. The molecule has 1 spiro atoms. The van der Waals surface area contributed by atoms with Crippen LogP contribution >= 0.6 is 11.6 Å². The number of aromatic nitrogens is 6. The average Bonchev–Trinajstić information content (AvgIpc) is 3.70. The van der Waals surface area contributed by atoms with Crippen molar-refractivity contribution in [1.29, 1.82) is 0 Å². The number of hydrogen-bond donors (Lipinski definition) is 2. The van der Waals surface area contributed by atoms with Gasteiger partial charge in [-0.2, -0.15) is 22.7 Å². The summed E-state index contributed by atoms with van der Waals surface area (Å²) in [5.41, 5.74) is -3.13. The van der Waals surface area contributed by atoms with Crippen LogP contribution in [-0.4, -0.2) is 83.0 Å². The number of aromatic hydroxyl groups is 1. The second-order valence-electron chi connectivity index (χ2n) is 13.9. The Labute approximate surface area is 319 Å².